The summed E-state index contributed by atoms with van der Waals surface area (Å²) in [5.41, 5.74) is -0.519. The maximum atomic E-state index is 11.4. The summed E-state index contributed by atoms with van der Waals surface area (Å²) in [4.78, 5) is 11.4. The minimum absolute atomic E-state index is 0.348. The second-order valence-electron chi connectivity index (χ2n) is 6.25. The van der Waals surface area contributed by atoms with Crippen molar-refractivity contribution in [2.24, 2.45) is 0 Å². The van der Waals surface area contributed by atoms with E-state index >= 15 is 0 Å². The predicted molar refractivity (Wildman–Crippen MR) is 80.7 cm³/mol. The molecule has 0 bridgehead atoms. The second-order valence-corrected chi connectivity index (χ2v) is 6.25. The van der Waals surface area contributed by atoms with Crippen molar-refractivity contribution >= 4 is 5.97 Å². The van der Waals surface area contributed by atoms with Gasteiger partial charge in [0.25, 0.3) is 0 Å². The first-order valence-corrected chi connectivity index (χ1v) is 7.45. The first-order valence-electron chi connectivity index (χ1n) is 7.45. The van der Waals surface area contributed by atoms with E-state index in [9.17, 15) is 4.79 Å². The topological polar surface area (TPSA) is 26.3 Å². The minimum atomic E-state index is -0.519. The van der Waals surface area contributed by atoms with Gasteiger partial charge in [-0.2, -0.15) is 0 Å². The number of nitrogens with zero attached hydrogens (tertiary/aromatic N) is 1. The van der Waals surface area contributed by atoms with E-state index in [1.54, 1.807) is 0 Å². The Morgan fingerprint density at radius 3 is 2.21 bits per heavy atom. The van der Waals surface area contributed by atoms with Crippen molar-refractivity contribution in [2.75, 3.05) is 20.6 Å². The summed E-state index contributed by atoms with van der Waals surface area (Å²) in [6.07, 6.45) is 8.91. The highest BCUT2D eigenvalue weighted by Gasteiger charge is 2.39. The molecule has 0 amide bonds. The van der Waals surface area contributed by atoms with Crippen LogP contribution in [0.2, 0.25) is 0 Å². The number of carbonyl (C=O) groups is 1. The van der Waals surface area contributed by atoms with E-state index < -0.39 is 5.72 Å². The third-order valence-corrected chi connectivity index (χ3v) is 4.05. The number of ether oxygens (including phenoxy) is 1. The summed E-state index contributed by atoms with van der Waals surface area (Å²) in [6, 6.07) is 0. The second kappa shape index (κ2) is 8.36. The molecule has 0 aromatic rings. The maximum Gasteiger partial charge on any atom is 0.334 e. The highest BCUT2D eigenvalue weighted by molar-refractivity contribution is 5.81. The Morgan fingerprint density at radius 2 is 1.68 bits per heavy atom. The number of carbonyl (C=O) groups excluding carboxylic acids is 1. The van der Waals surface area contributed by atoms with E-state index in [0.717, 1.165) is 6.54 Å². The monoisotopic (exact) mass is 270 g/mol. The van der Waals surface area contributed by atoms with Crippen molar-refractivity contribution in [3.05, 3.63) is 12.7 Å². The fraction of sp³-hybridized carbons (Fsp3) is 0.812. The van der Waals surface area contributed by atoms with Gasteiger partial charge in [0.2, 0.25) is 5.72 Å². The van der Waals surface area contributed by atoms with Crippen LogP contribution in [0.15, 0.2) is 12.7 Å². The molecule has 0 aliphatic heterocycles. The van der Waals surface area contributed by atoms with Crippen molar-refractivity contribution in [3.8, 4) is 0 Å². The zero-order valence-electron chi connectivity index (χ0n) is 13.5. The van der Waals surface area contributed by atoms with Crippen molar-refractivity contribution in [1.82, 2.24) is 0 Å². The van der Waals surface area contributed by atoms with Crippen LogP contribution >= 0.6 is 0 Å². The number of unbranched alkanes of at least 4 members (excludes halogenated alkanes) is 5. The van der Waals surface area contributed by atoms with Gasteiger partial charge in [-0.1, -0.05) is 39.2 Å². The molecule has 0 spiro atoms. The summed E-state index contributed by atoms with van der Waals surface area (Å²) in [5.74, 6) is -0.348. The summed E-state index contributed by atoms with van der Waals surface area (Å²) < 4.78 is 6.14. The van der Waals surface area contributed by atoms with Gasteiger partial charge < -0.3 is 4.74 Å². The molecule has 0 saturated carbocycles. The molecule has 0 N–H and O–H groups in total. The number of esters is 1. The van der Waals surface area contributed by atoms with Gasteiger partial charge in [-0.3, -0.25) is 4.48 Å². The largest absolute Gasteiger partial charge is 0.407 e. The molecule has 0 heterocycles. The van der Waals surface area contributed by atoms with Gasteiger partial charge in [-0.05, 0) is 12.8 Å². The van der Waals surface area contributed by atoms with Crippen molar-refractivity contribution in [1.29, 1.82) is 0 Å². The zero-order valence-corrected chi connectivity index (χ0v) is 13.5. The van der Waals surface area contributed by atoms with Gasteiger partial charge >= 0.3 is 5.97 Å². The molecule has 0 radical (unpaired) electrons. The zero-order chi connectivity index (χ0) is 14.9. The Morgan fingerprint density at radius 1 is 1.16 bits per heavy atom. The van der Waals surface area contributed by atoms with E-state index in [-0.39, 0.29) is 5.97 Å². The van der Waals surface area contributed by atoms with Crippen LogP contribution < -0.4 is 0 Å². The summed E-state index contributed by atoms with van der Waals surface area (Å²) >= 11 is 0. The lowest BCUT2D eigenvalue weighted by Gasteiger charge is -2.43. The van der Waals surface area contributed by atoms with E-state index in [2.05, 4.69) is 27.6 Å². The average Bonchev–Trinajstić information content (AvgIpc) is 2.32. The Balaban J connectivity index is 4.13. The van der Waals surface area contributed by atoms with Gasteiger partial charge in [0, 0.05) is 19.9 Å². The van der Waals surface area contributed by atoms with Crippen LogP contribution in [0.5, 0.6) is 0 Å². The third-order valence-electron chi connectivity index (χ3n) is 4.05. The van der Waals surface area contributed by atoms with Crippen LogP contribution in [0.3, 0.4) is 0 Å². The SMILES string of the molecule is C=CC(=O)OC(C)(C)[N+](C)(C)CCCCCCCC. The molecule has 0 aliphatic carbocycles. The van der Waals surface area contributed by atoms with Gasteiger partial charge in [0.15, 0.2) is 0 Å². The highest BCUT2D eigenvalue weighted by Crippen LogP contribution is 2.23. The number of hydrogen-bond acceptors (Lipinski definition) is 2. The van der Waals surface area contributed by atoms with E-state index in [1.807, 2.05) is 13.8 Å². The molecule has 19 heavy (non-hydrogen) atoms. The Labute approximate surface area is 119 Å². The molecule has 3 nitrogen and oxygen atoms in total. The predicted octanol–water partition coefficient (Wildman–Crippen LogP) is 3.89. The van der Waals surface area contributed by atoms with Crippen molar-refractivity contribution in [2.45, 2.75) is 65.0 Å². The standard InChI is InChI=1S/C16H32NO2/c1-7-9-10-11-12-13-14-17(5,6)16(3,4)19-15(18)8-2/h8H,2,7,9-14H2,1,3-6H3/q+1. The Kier molecular flexibility index (Phi) is 8.00. The third kappa shape index (κ3) is 6.76. The van der Waals surface area contributed by atoms with Crippen LogP contribution in [0.4, 0.5) is 0 Å². The number of hydrogen-bond donors (Lipinski definition) is 0. The average molecular weight is 270 g/mol. The molecule has 0 aromatic heterocycles. The van der Waals surface area contributed by atoms with Gasteiger partial charge in [0.05, 0.1) is 20.6 Å². The molecule has 112 valence electrons. The molecule has 0 saturated heterocycles. The fourth-order valence-corrected chi connectivity index (χ4v) is 1.97. The molecule has 0 aliphatic rings. The van der Waals surface area contributed by atoms with Crippen molar-refractivity contribution < 1.29 is 14.0 Å². The molecular weight excluding hydrogens is 238 g/mol. The Hall–Kier alpha value is -0.830. The minimum Gasteiger partial charge on any atom is -0.407 e. The maximum absolute atomic E-state index is 11.4. The number of rotatable bonds is 10. The Bertz CT molecular complexity index is 282. The lowest BCUT2D eigenvalue weighted by molar-refractivity contribution is -0.960. The van der Waals surface area contributed by atoms with Gasteiger partial charge in [-0.25, -0.2) is 4.79 Å². The van der Waals surface area contributed by atoms with Crippen LogP contribution in [-0.2, 0) is 9.53 Å². The van der Waals surface area contributed by atoms with Gasteiger partial charge in [0.1, 0.15) is 0 Å². The first kappa shape index (κ1) is 18.2. The normalized spacial score (nSPS) is 12.3. The molecule has 0 aromatic carbocycles. The van der Waals surface area contributed by atoms with E-state index in [1.165, 1.54) is 44.6 Å². The summed E-state index contributed by atoms with van der Waals surface area (Å²) in [7, 11) is 4.23. The first-order chi connectivity index (χ1) is 8.77. The van der Waals surface area contributed by atoms with Crippen LogP contribution in [0.25, 0.3) is 0 Å². The molecule has 0 unspecified atom stereocenters. The van der Waals surface area contributed by atoms with Crippen molar-refractivity contribution in [3.63, 3.8) is 0 Å². The fourth-order valence-electron chi connectivity index (χ4n) is 1.97. The van der Waals surface area contributed by atoms with Crippen LogP contribution in [-0.4, -0.2) is 36.8 Å². The van der Waals surface area contributed by atoms with Crippen LogP contribution in [0, 0.1) is 0 Å². The molecule has 0 fully saturated rings. The smallest absolute Gasteiger partial charge is 0.334 e. The van der Waals surface area contributed by atoms with Gasteiger partial charge in [-0.15, -0.1) is 0 Å². The summed E-state index contributed by atoms with van der Waals surface area (Å²) in [6.45, 7) is 10.6. The molecule has 0 rings (SSSR count). The molecule has 3 heteroatoms. The van der Waals surface area contributed by atoms with Crippen LogP contribution in [0.1, 0.15) is 59.3 Å². The lowest BCUT2D eigenvalue weighted by Crippen LogP contribution is -2.58. The molecule has 0 atom stereocenters. The molecular formula is C16H32NO2+. The quantitative estimate of drug-likeness (QED) is 0.198. The van der Waals surface area contributed by atoms with E-state index in [4.69, 9.17) is 4.74 Å². The summed E-state index contributed by atoms with van der Waals surface area (Å²) in [5, 5.41) is 0. The van der Waals surface area contributed by atoms with E-state index in [0.29, 0.717) is 4.48 Å². The lowest BCUT2D eigenvalue weighted by atomic mass is 10.1. The highest BCUT2D eigenvalue weighted by atomic mass is 16.6. The number of quaternary nitrogens is 1.